The molecule has 0 unspecified atom stereocenters. The first kappa shape index (κ1) is 13.9. The predicted octanol–water partition coefficient (Wildman–Crippen LogP) is 2.37. The Morgan fingerprint density at radius 3 is 2.84 bits per heavy atom. The van der Waals surface area contributed by atoms with Gasteiger partial charge in [0.1, 0.15) is 0 Å². The van der Waals surface area contributed by atoms with Crippen LogP contribution in [0.5, 0.6) is 0 Å². The summed E-state index contributed by atoms with van der Waals surface area (Å²) < 4.78 is 0. The number of nitrogens with zero attached hydrogens (tertiary/aromatic N) is 1. The van der Waals surface area contributed by atoms with Crippen molar-refractivity contribution in [2.45, 2.75) is 39.2 Å². The molecule has 0 amide bonds. The average Bonchev–Trinajstić information content (AvgIpc) is 2.37. The van der Waals surface area contributed by atoms with Crippen LogP contribution >= 0.6 is 0 Å². The van der Waals surface area contributed by atoms with E-state index >= 15 is 0 Å². The van der Waals surface area contributed by atoms with E-state index in [0.717, 1.165) is 24.6 Å². The van der Waals surface area contributed by atoms with E-state index in [1.807, 2.05) is 18.2 Å². The second-order valence-electron chi connectivity index (χ2n) is 5.39. The van der Waals surface area contributed by atoms with Crippen LogP contribution in [0.25, 0.3) is 0 Å². The molecule has 4 heteroatoms. The Bertz CT molecular complexity index is 453. The highest BCUT2D eigenvalue weighted by Gasteiger charge is 2.16. The van der Waals surface area contributed by atoms with E-state index in [1.54, 1.807) is 0 Å². The highest BCUT2D eigenvalue weighted by atomic mass is 16.4. The van der Waals surface area contributed by atoms with E-state index in [4.69, 9.17) is 10.9 Å². The van der Waals surface area contributed by atoms with Crippen molar-refractivity contribution >= 4 is 5.84 Å². The van der Waals surface area contributed by atoms with E-state index in [-0.39, 0.29) is 5.84 Å². The van der Waals surface area contributed by atoms with Gasteiger partial charge in [0.05, 0.1) is 0 Å². The fraction of sp³-hybridized carbons (Fsp3) is 0.533. The smallest absolute Gasteiger partial charge is 0.170 e. The minimum Gasteiger partial charge on any atom is -0.409 e. The van der Waals surface area contributed by atoms with Gasteiger partial charge in [0.2, 0.25) is 0 Å². The number of rotatable bonds is 6. The summed E-state index contributed by atoms with van der Waals surface area (Å²) >= 11 is 0. The lowest BCUT2D eigenvalue weighted by molar-refractivity contribution is 0.292. The van der Waals surface area contributed by atoms with Crippen LogP contribution in [0, 0.1) is 12.8 Å². The maximum absolute atomic E-state index is 8.65. The summed E-state index contributed by atoms with van der Waals surface area (Å²) in [5, 5.41) is 15.2. The molecular formula is C15H23N3O. The van der Waals surface area contributed by atoms with Gasteiger partial charge in [0.25, 0.3) is 0 Å². The standard InChI is InChI=1S/C15H23N3O/c1-11-9-13(15(16)18-19)5-6-14(11)10-17-8-7-12-3-2-4-12/h5-6,9,12,17,19H,2-4,7-8,10H2,1H3,(H2,16,18). The summed E-state index contributed by atoms with van der Waals surface area (Å²) in [5.74, 6) is 1.11. The Morgan fingerprint density at radius 1 is 1.47 bits per heavy atom. The molecule has 19 heavy (non-hydrogen) atoms. The lowest BCUT2D eigenvalue weighted by Crippen LogP contribution is -2.21. The molecule has 0 saturated heterocycles. The van der Waals surface area contributed by atoms with Gasteiger partial charge in [-0.05, 0) is 43.0 Å². The molecule has 0 heterocycles. The first-order valence-electron chi connectivity index (χ1n) is 6.99. The lowest BCUT2D eigenvalue weighted by Gasteiger charge is -2.25. The summed E-state index contributed by atoms with van der Waals surface area (Å²) in [6, 6.07) is 5.89. The Labute approximate surface area is 114 Å². The Morgan fingerprint density at radius 2 is 2.26 bits per heavy atom. The normalized spacial score (nSPS) is 16.4. The lowest BCUT2D eigenvalue weighted by atomic mass is 9.83. The molecule has 1 saturated carbocycles. The molecule has 0 atom stereocenters. The zero-order chi connectivity index (χ0) is 13.7. The predicted molar refractivity (Wildman–Crippen MR) is 77.4 cm³/mol. The largest absolute Gasteiger partial charge is 0.409 e. The van der Waals surface area contributed by atoms with Crippen LogP contribution in [0.1, 0.15) is 42.4 Å². The van der Waals surface area contributed by atoms with Crippen LogP contribution in [0.4, 0.5) is 0 Å². The third kappa shape index (κ3) is 3.70. The van der Waals surface area contributed by atoms with E-state index in [9.17, 15) is 0 Å². The third-order valence-electron chi connectivity index (χ3n) is 4.02. The summed E-state index contributed by atoms with van der Waals surface area (Å²) in [4.78, 5) is 0. The minimum atomic E-state index is 0.160. The van der Waals surface area contributed by atoms with Crippen LogP contribution in [0.15, 0.2) is 23.4 Å². The molecule has 1 aromatic rings. The van der Waals surface area contributed by atoms with Gasteiger partial charge < -0.3 is 16.3 Å². The van der Waals surface area contributed by atoms with Gasteiger partial charge in [-0.1, -0.05) is 36.6 Å². The molecular weight excluding hydrogens is 238 g/mol. The molecule has 0 radical (unpaired) electrons. The molecule has 0 spiro atoms. The zero-order valence-electron chi connectivity index (χ0n) is 11.5. The first-order valence-corrected chi connectivity index (χ1v) is 6.99. The number of hydrogen-bond donors (Lipinski definition) is 3. The summed E-state index contributed by atoms with van der Waals surface area (Å²) in [7, 11) is 0. The summed E-state index contributed by atoms with van der Waals surface area (Å²) in [6.45, 7) is 4.03. The SMILES string of the molecule is Cc1cc(/C(N)=N/O)ccc1CNCCC1CCC1. The van der Waals surface area contributed by atoms with Crippen LogP contribution in [0.2, 0.25) is 0 Å². The van der Waals surface area contributed by atoms with Gasteiger partial charge >= 0.3 is 0 Å². The molecule has 0 aromatic heterocycles. The van der Waals surface area contributed by atoms with Crippen LogP contribution in [-0.4, -0.2) is 17.6 Å². The maximum Gasteiger partial charge on any atom is 0.170 e. The second-order valence-corrected chi connectivity index (χ2v) is 5.39. The highest BCUT2D eigenvalue weighted by Crippen LogP contribution is 2.28. The fourth-order valence-corrected chi connectivity index (χ4v) is 2.42. The van der Waals surface area contributed by atoms with Crippen molar-refractivity contribution in [3.05, 3.63) is 34.9 Å². The molecule has 4 nitrogen and oxygen atoms in total. The van der Waals surface area contributed by atoms with Gasteiger partial charge in [-0.2, -0.15) is 0 Å². The van der Waals surface area contributed by atoms with Crippen molar-refractivity contribution in [2.75, 3.05) is 6.54 Å². The van der Waals surface area contributed by atoms with E-state index < -0.39 is 0 Å². The molecule has 4 N–H and O–H groups in total. The number of nitrogens with two attached hydrogens (primary N) is 1. The van der Waals surface area contributed by atoms with E-state index in [0.29, 0.717) is 0 Å². The summed E-state index contributed by atoms with van der Waals surface area (Å²) in [5.41, 5.74) is 8.77. The first-order chi connectivity index (χ1) is 9.20. The quantitative estimate of drug-likeness (QED) is 0.242. The van der Waals surface area contributed by atoms with Gasteiger partial charge in [-0.25, -0.2) is 0 Å². The van der Waals surface area contributed by atoms with Crippen molar-refractivity contribution in [3.63, 3.8) is 0 Å². The number of aryl methyl sites for hydroxylation is 1. The van der Waals surface area contributed by atoms with Crippen LogP contribution < -0.4 is 11.1 Å². The number of hydrogen-bond acceptors (Lipinski definition) is 3. The molecule has 104 valence electrons. The van der Waals surface area contributed by atoms with Crippen molar-refractivity contribution in [1.82, 2.24) is 5.32 Å². The van der Waals surface area contributed by atoms with Crippen molar-refractivity contribution in [2.24, 2.45) is 16.8 Å². The van der Waals surface area contributed by atoms with Gasteiger partial charge in [0, 0.05) is 12.1 Å². The second kappa shape index (κ2) is 6.57. The Kier molecular flexibility index (Phi) is 4.80. The highest BCUT2D eigenvalue weighted by molar-refractivity contribution is 5.97. The van der Waals surface area contributed by atoms with Gasteiger partial charge in [0.15, 0.2) is 5.84 Å². The average molecular weight is 261 g/mol. The molecule has 1 aliphatic rings. The molecule has 2 rings (SSSR count). The van der Waals surface area contributed by atoms with Crippen molar-refractivity contribution in [1.29, 1.82) is 0 Å². The van der Waals surface area contributed by atoms with Gasteiger partial charge in [-0.15, -0.1) is 0 Å². The maximum atomic E-state index is 8.65. The molecule has 1 aliphatic carbocycles. The topological polar surface area (TPSA) is 70.6 Å². The van der Waals surface area contributed by atoms with E-state index in [1.165, 1.54) is 36.8 Å². The van der Waals surface area contributed by atoms with E-state index in [2.05, 4.69) is 17.4 Å². The Hall–Kier alpha value is -1.55. The van der Waals surface area contributed by atoms with Crippen molar-refractivity contribution < 1.29 is 5.21 Å². The minimum absolute atomic E-state index is 0.160. The van der Waals surface area contributed by atoms with Crippen molar-refractivity contribution in [3.8, 4) is 0 Å². The Balaban J connectivity index is 1.82. The zero-order valence-corrected chi connectivity index (χ0v) is 11.5. The number of amidine groups is 1. The molecule has 1 aromatic carbocycles. The number of nitrogens with one attached hydrogen (secondary N) is 1. The van der Waals surface area contributed by atoms with Gasteiger partial charge in [-0.3, -0.25) is 0 Å². The monoisotopic (exact) mass is 261 g/mol. The third-order valence-corrected chi connectivity index (χ3v) is 4.02. The molecule has 0 bridgehead atoms. The number of oxime groups is 1. The van der Waals surface area contributed by atoms with Crippen LogP contribution in [-0.2, 0) is 6.54 Å². The molecule has 0 aliphatic heterocycles. The summed E-state index contributed by atoms with van der Waals surface area (Å²) in [6.07, 6.45) is 5.53. The fourth-order valence-electron chi connectivity index (χ4n) is 2.42. The van der Waals surface area contributed by atoms with Crippen LogP contribution in [0.3, 0.4) is 0 Å². The number of benzene rings is 1. The molecule has 1 fully saturated rings.